The van der Waals surface area contributed by atoms with Gasteiger partial charge in [0, 0.05) is 59.3 Å². The molecular formula is C34H60B4N4O2. The van der Waals surface area contributed by atoms with Crippen molar-refractivity contribution in [3.05, 3.63) is 0 Å². The van der Waals surface area contributed by atoms with E-state index in [0.717, 1.165) is 49.9 Å². The standard InChI is InChI=1S/2C9H16BN.2C8H14BNO/c2*1-9(10)5-7-3-4-8(6-9)11(7)2;2*1-10-6-2-3-7(10)5-8(9,11)4-6/h2*7-8H,3-6H2,1-2H3;2*6-7,11H,2-5H2,1H3. The highest BCUT2D eigenvalue weighted by molar-refractivity contribution is 6.15. The topological polar surface area (TPSA) is 53.4 Å². The van der Waals surface area contributed by atoms with Gasteiger partial charge in [-0.1, -0.05) is 24.5 Å². The van der Waals surface area contributed by atoms with Gasteiger partial charge in [-0.25, -0.2) is 0 Å². The summed E-state index contributed by atoms with van der Waals surface area (Å²) in [6.07, 6.45) is 18.1. The van der Waals surface area contributed by atoms with Crippen molar-refractivity contribution in [3.8, 4) is 0 Å². The Morgan fingerprint density at radius 1 is 0.386 bits per heavy atom. The van der Waals surface area contributed by atoms with Crippen LogP contribution in [0.5, 0.6) is 0 Å². The fraction of sp³-hybridized carbons (Fsp3) is 1.00. The summed E-state index contributed by atoms with van der Waals surface area (Å²) in [4.78, 5) is 9.77. The highest BCUT2D eigenvalue weighted by atomic mass is 16.3. The SMILES string of the molecule is [B]C1(C)CC2CCC(C1)N2C.[B]C1(C)CC2CCC(C1)N2C.[B]C1(O)CC2CCC(C1)N2C.[B]C1(O)CC2CCC(C1)N2C. The van der Waals surface area contributed by atoms with Gasteiger partial charge in [-0.2, -0.15) is 0 Å². The molecule has 0 amide bonds. The Morgan fingerprint density at radius 2 is 0.545 bits per heavy atom. The Hall–Kier alpha value is 0.0197. The first-order chi connectivity index (χ1) is 20.3. The van der Waals surface area contributed by atoms with E-state index in [0.29, 0.717) is 24.2 Å². The molecule has 6 nitrogen and oxygen atoms in total. The van der Waals surface area contributed by atoms with Gasteiger partial charge in [-0.15, -0.1) is 0 Å². The number of fused-ring (bicyclic) bond motifs is 8. The highest BCUT2D eigenvalue weighted by Crippen LogP contribution is 2.48. The number of hydrogen-bond donors (Lipinski definition) is 2. The third-order valence-electron chi connectivity index (χ3n) is 13.1. The summed E-state index contributed by atoms with van der Waals surface area (Å²) < 4.78 is 0. The quantitative estimate of drug-likeness (QED) is 0.417. The van der Waals surface area contributed by atoms with E-state index in [2.05, 4.69) is 61.6 Å². The Balaban J connectivity index is 0.000000116. The molecule has 0 aromatic carbocycles. The molecule has 8 radical (unpaired) electrons. The van der Waals surface area contributed by atoms with Crippen molar-refractivity contribution >= 4 is 31.4 Å². The molecule has 0 aliphatic carbocycles. The average Bonchev–Trinajstić information content (AvgIpc) is 3.44. The minimum atomic E-state index is -0.877. The van der Waals surface area contributed by atoms with Gasteiger partial charge >= 0.3 is 0 Å². The number of rotatable bonds is 0. The van der Waals surface area contributed by atoms with Crippen LogP contribution in [0.1, 0.15) is 117 Å². The van der Waals surface area contributed by atoms with Crippen molar-refractivity contribution in [2.24, 2.45) is 0 Å². The Labute approximate surface area is 275 Å². The first kappa shape index (κ1) is 35.3. The van der Waals surface area contributed by atoms with Crippen molar-refractivity contribution in [1.29, 1.82) is 0 Å². The van der Waals surface area contributed by atoms with Crippen molar-refractivity contribution in [3.63, 3.8) is 0 Å². The zero-order chi connectivity index (χ0) is 32.2. The van der Waals surface area contributed by atoms with Crippen LogP contribution in [0.15, 0.2) is 0 Å². The summed E-state index contributed by atoms with van der Waals surface area (Å²) in [5.74, 6) is 0. The average molecular weight is 600 g/mol. The first-order valence-corrected chi connectivity index (χ1v) is 17.8. The summed E-state index contributed by atoms with van der Waals surface area (Å²) in [6.45, 7) is 4.40. The molecule has 0 spiro atoms. The molecular weight excluding hydrogens is 540 g/mol. The fourth-order valence-corrected chi connectivity index (χ4v) is 10.4. The second-order valence-corrected chi connectivity index (χ2v) is 17.4. The lowest BCUT2D eigenvalue weighted by atomic mass is 9.62. The largest absolute Gasteiger partial charge is 0.400 e. The second-order valence-electron chi connectivity index (χ2n) is 17.4. The van der Waals surface area contributed by atoms with E-state index in [1.807, 2.05) is 0 Å². The van der Waals surface area contributed by atoms with Crippen LogP contribution in [0.2, 0.25) is 10.6 Å². The van der Waals surface area contributed by atoms with Crippen LogP contribution in [-0.2, 0) is 0 Å². The van der Waals surface area contributed by atoms with Crippen LogP contribution in [-0.4, -0.2) is 149 Å². The van der Waals surface area contributed by atoms with Gasteiger partial charge in [0.25, 0.3) is 0 Å². The summed E-state index contributed by atoms with van der Waals surface area (Å²) >= 11 is 0. The molecule has 8 fully saturated rings. The molecule has 8 atom stereocenters. The molecule has 10 heteroatoms. The van der Waals surface area contributed by atoms with E-state index in [4.69, 9.17) is 31.4 Å². The number of nitrogens with zero attached hydrogens (tertiary/aromatic N) is 4. The molecule has 0 aromatic rings. The lowest BCUT2D eigenvalue weighted by Crippen LogP contribution is -2.49. The van der Waals surface area contributed by atoms with Crippen molar-refractivity contribution < 1.29 is 10.2 Å². The zero-order valence-electron chi connectivity index (χ0n) is 28.9. The summed E-state index contributed by atoms with van der Waals surface area (Å²) in [6, 6.07) is 5.25. The molecule has 8 unspecified atom stereocenters. The van der Waals surface area contributed by atoms with E-state index in [1.165, 1.54) is 77.0 Å². The molecule has 44 heavy (non-hydrogen) atoms. The monoisotopic (exact) mass is 601 g/mol. The van der Waals surface area contributed by atoms with Crippen LogP contribution in [0.3, 0.4) is 0 Å². The number of hydrogen-bond acceptors (Lipinski definition) is 6. The smallest absolute Gasteiger partial charge is 0.113 e. The Kier molecular flexibility index (Phi) is 10.6. The van der Waals surface area contributed by atoms with Gasteiger partial charge in [0.2, 0.25) is 0 Å². The predicted molar refractivity (Wildman–Crippen MR) is 185 cm³/mol. The number of piperidine rings is 4. The van der Waals surface area contributed by atoms with E-state index >= 15 is 0 Å². The van der Waals surface area contributed by atoms with Gasteiger partial charge in [0.15, 0.2) is 0 Å². The first-order valence-electron chi connectivity index (χ1n) is 17.8. The summed E-state index contributed by atoms with van der Waals surface area (Å²) in [7, 11) is 32.4. The van der Waals surface area contributed by atoms with E-state index < -0.39 is 11.0 Å². The predicted octanol–water partition coefficient (Wildman–Crippen LogP) is 3.38. The second kappa shape index (κ2) is 13.1. The molecule has 8 rings (SSSR count). The van der Waals surface area contributed by atoms with E-state index in [-0.39, 0.29) is 10.6 Å². The van der Waals surface area contributed by atoms with Gasteiger partial charge < -0.3 is 29.8 Å². The van der Waals surface area contributed by atoms with E-state index in [1.54, 1.807) is 0 Å². The number of aliphatic hydroxyl groups is 2. The van der Waals surface area contributed by atoms with E-state index in [9.17, 15) is 10.2 Å². The lowest BCUT2D eigenvalue weighted by Gasteiger charge is -2.41. The van der Waals surface area contributed by atoms with Crippen LogP contribution in [0.4, 0.5) is 0 Å². The van der Waals surface area contributed by atoms with Gasteiger partial charge in [-0.05, 0) is 131 Å². The fourth-order valence-electron chi connectivity index (χ4n) is 10.4. The Morgan fingerprint density at radius 3 is 0.727 bits per heavy atom. The lowest BCUT2D eigenvalue weighted by molar-refractivity contribution is 0.0178. The van der Waals surface area contributed by atoms with Gasteiger partial charge in [-0.3, -0.25) is 0 Å². The third-order valence-corrected chi connectivity index (χ3v) is 13.1. The molecule has 240 valence electrons. The minimum Gasteiger partial charge on any atom is -0.400 e. The van der Waals surface area contributed by atoms with Crippen molar-refractivity contribution in [2.75, 3.05) is 28.2 Å². The molecule has 8 aliphatic rings. The van der Waals surface area contributed by atoms with Crippen LogP contribution in [0.25, 0.3) is 0 Å². The van der Waals surface area contributed by atoms with Crippen LogP contribution in [0, 0.1) is 0 Å². The Bertz CT molecular complexity index is 767. The highest BCUT2D eigenvalue weighted by Gasteiger charge is 2.45. The van der Waals surface area contributed by atoms with Crippen molar-refractivity contribution in [2.45, 2.75) is 187 Å². The normalized spacial score (nSPS) is 51.5. The van der Waals surface area contributed by atoms with Gasteiger partial charge in [0.1, 0.15) is 15.7 Å². The summed E-state index contributed by atoms with van der Waals surface area (Å²) in [5.41, 5.74) is -1.75. The van der Waals surface area contributed by atoms with Gasteiger partial charge in [0.05, 0.1) is 15.7 Å². The summed E-state index contributed by atoms with van der Waals surface area (Å²) in [5, 5.41) is 19.5. The van der Waals surface area contributed by atoms with Crippen molar-refractivity contribution in [1.82, 2.24) is 19.6 Å². The third kappa shape index (κ3) is 8.35. The molecule has 0 saturated carbocycles. The van der Waals surface area contributed by atoms with Crippen LogP contribution < -0.4 is 0 Å². The maximum absolute atomic E-state index is 9.62. The molecule has 2 N–H and O–H groups in total. The molecule has 8 bridgehead atoms. The molecule has 8 saturated heterocycles. The maximum Gasteiger partial charge on any atom is 0.113 e. The molecule has 0 aromatic heterocycles. The molecule has 8 heterocycles. The maximum atomic E-state index is 9.62. The van der Waals surface area contributed by atoms with Crippen LogP contribution >= 0.6 is 0 Å². The molecule has 8 aliphatic heterocycles. The zero-order valence-corrected chi connectivity index (χ0v) is 28.9. The minimum absolute atomic E-state index is 0.123.